The van der Waals surface area contributed by atoms with E-state index >= 15 is 0 Å². The molecule has 0 spiro atoms. The van der Waals surface area contributed by atoms with Crippen molar-refractivity contribution in [3.8, 4) is 0 Å². The fourth-order valence-electron chi connectivity index (χ4n) is 4.35. The third kappa shape index (κ3) is 3.09. The molecule has 8 heteroatoms. The Kier molecular flexibility index (Phi) is 4.64. The largest absolute Gasteiger partial charge is 0.361 e. The van der Waals surface area contributed by atoms with Gasteiger partial charge in [-0.15, -0.1) is 0 Å². The van der Waals surface area contributed by atoms with Gasteiger partial charge >= 0.3 is 0 Å². The second-order valence-electron chi connectivity index (χ2n) is 7.72. The minimum atomic E-state index is -0.452. The predicted molar refractivity (Wildman–Crippen MR) is 124 cm³/mol. The van der Waals surface area contributed by atoms with Crippen molar-refractivity contribution >= 4 is 56.4 Å². The number of aromatic nitrogens is 2. The van der Waals surface area contributed by atoms with Gasteiger partial charge < -0.3 is 20.6 Å². The number of amides is 3. The molecule has 0 aliphatic carbocycles. The van der Waals surface area contributed by atoms with Crippen LogP contribution in [0.15, 0.2) is 54.9 Å². The zero-order valence-corrected chi connectivity index (χ0v) is 17.4. The minimum absolute atomic E-state index is 0.195. The second kappa shape index (κ2) is 7.51. The van der Waals surface area contributed by atoms with Crippen molar-refractivity contribution in [1.82, 2.24) is 14.9 Å². The Morgan fingerprint density at radius 1 is 1.03 bits per heavy atom. The van der Waals surface area contributed by atoms with E-state index in [1.807, 2.05) is 47.2 Å². The summed E-state index contributed by atoms with van der Waals surface area (Å²) in [4.78, 5) is 40.6. The van der Waals surface area contributed by atoms with Crippen LogP contribution in [0.25, 0.3) is 33.0 Å². The van der Waals surface area contributed by atoms with E-state index in [9.17, 15) is 14.4 Å². The number of carbonyl (C=O) groups excluding carboxylic acids is 3. The number of H-pyrrole nitrogens is 1. The molecule has 0 saturated heterocycles. The molecule has 32 heavy (non-hydrogen) atoms. The van der Waals surface area contributed by atoms with E-state index in [0.29, 0.717) is 41.1 Å². The first kappa shape index (κ1) is 19.8. The van der Waals surface area contributed by atoms with Gasteiger partial charge in [0.25, 0.3) is 11.8 Å². The van der Waals surface area contributed by atoms with Crippen molar-refractivity contribution in [1.29, 1.82) is 0 Å². The van der Waals surface area contributed by atoms with Crippen LogP contribution in [-0.2, 0) is 20.9 Å². The van der Waals surface area contributed by atoms with Gasteiger partial charge in [0.2, 0.25) is 5.91 Å². The van der Waals surface area contributed by atoms with Crippen molar-refractivity contribution < 1.29 is 14.4 Å². The normalized spacial score (nSPS) is 13.9. The molecule has 0 fully saturated rings. The van der Waals surface area contributed by atoms with Gasteiger partial charge in [-0.25, -0.2) is 0 Å². The van der Waals surface area contributed by atoms with Crippen LogP contribution in [0, 0.1) is 0 Å². The summed E-state index contributed by atoms with van der Waals surface area (Å²) in [7, 11) is 0. The quantitative estimate of drug-likeness (QED) is 0.366. The molecule has 0 radical (unpaired) electrons. The molecule has 3 amide bonds. The highest BCUT2D eigenvalue weighted by atomic mass is 16.2. The Balaban J connectivity index is 1.80. The number of fused-ring (bicyclic) bond motifs is 2. The van der Waals surface area contributed by atoms with Gasteiger partial charge in [0.15, 0.2) is 0 Å². The molecule has 0 unspecified atom stereocenters. The van der Waals surface area contributed by atoms with Crippen LogP contribution in [0.2, 0.25) is 0 Å². The first-order chi connectivity index (χ1) is 15.5. The average molecular weight is 427 g/mol. The number of nitrogens with one attached hydrogen (secondary N) is 3. The van der Waals surface area contributed by atoms with Crippen LogP contribution in [0.1, 0.15) is 18.1 Å². The van der Waals surface area contributed by atoms with E-state index < -0.39 is 11.8 Å². The average Bonchev–Trinajstić information content (AvgIpc) is 3.41. The number of anilines is 1. The van der Waals surface area contributed by atoms with Crippen molar-refractivity contribution in [2.24, 2.45) is 5.73 Å². The number of carbonyl (C=O) groups is 3. The summed E-state index contributed by atoms with van der Waals surface area (Å²) in [6.07, 6.45) is 3.59. The fraction of sp³-hybridized carbons (Fsp3) is 0.125. The Labute approximate surface area is 183 Å². The summed E-state index contributed by atoms with van der Waals surface area (Å²) in [5.74, 6) is -1.08. The molecule has 160 valence electrons. The number of para-hydroxylation sites is 1. The minimum Gasteiger partial charge on any atom is -0.361 e. The zero-order valence-electron chi connectivity index (χ0n) is 17.4. The molecule has 4 aromatic rings. The summed E-state index contributed by atoms with van der Waals surface area (Å²) in [5.41, 5.74) is 10.0. The molecule has 0 saturated carbocycles. The number of nitrogens with zero attached hydrogens (tertiary/aromatic N) is 1. The predicted octanol–water partition coefficient (Wildman–Crippen LogP) is 2.61. The third-order valence-corrected chi connectivity index (χ3v) is 5.63. The Morgan fingerprint density at radius 3 is 2.53 bits per heavy atom. The SMILES string of the molecule is CC(=O)Nc1ccc2c(c1)c(C1=C(c3c[nH]c4ccccc34)C(=O)NC1=O)cn2CCN. The van der Waals surface area contributed by atoms with Gasteiger partial charge in [0.05, 0.1) is 11.1 Å². The smallest absolute Gasteiger partial charge is 0.259 e. The summed E-state index contributed by atoms with van der Waals surface area (Å²) < 4.78 is 1.96. The molecule has 1 aliphatic heterocycles. The number of aromatic amines is 1. The lowest BCUT2D eigenvalue weighted by Crippen LogP contribution is -2.22. The second-order valence-corrected chi connectivity index (χ2v) is 7.72. The molecule has 5 N–H and O–H groups in total. The van der Waals surface area contributed by atoms with E-state index in [0.717, 1.165) is 21.8 Å². The highest BCUT2D eigenvalue weighted by molar-refractivity contribution is 6.50. The number of hydrogen-bond acceptors (Lipinski definition) is 4. The maximum absolute atomic E-state index is 13.0. The Bertz CT molecular complexity index is 1460. The maximum Gasteiger partial charge on any atom is 0.259 e. The highest BCUT2D eigenvalue weighted by Gasteiger charge is 2.35. The number of rotatable bonds is 5. The standard InChI is InChI=1S/C24H21N5O3/c1-13(30)27-14-6-7-20-16(10-14)18(12-29(20)9-8-25)22-21(23(31)28-24(22)32)17-11-26-19-5-3-2-4-15(17)19/h2-7,10-12,26H,8-9,25H2,1H3,(H,27,30)(H,28,31,32). The van der Waals surface area contributed by atoms with Crippen LogP contribution >= 0.6 is 0 Å². The van der Waals surface area contributed by atoms with Crippen LogP contribution in [0.5, 0.6) is 0 Å². The van der Waals surface area contributed by atoms with Crippen molar-refractivity contribution in [3.05, 3.63) is 66.0 Å². The lowest BCUT2D eigenvalue weighted by atomic mass is 9.95. The first-order valence-electron chi connectivity index (χ1n) is 10.3. The van der Waals surface area contributed by atoms with Crippen molar-refractivity contribution in [3.63, 3.8) is 0 Å². The fourth-order valence-corrected chi connectivity index (χ4v) is 4.35. The Hall–Kier alpha value is -4.17. The van der Waals surface area contributed by atoms with E-state index in [1.54, 1.807) is 12.3 Å². The molecular formula is C24H21N5O3. The van der Waals surface area contributed by atoms with Gasteiger partial charge in [0.1, 0.15) is 0 Å². The topological polar surface area (TPSA) is 122 Å². The van der Waals surface area contributed by atoms with Crippen LogP contribution in [0.3, 0.4) is 0 Å². The maximum atomic E-state index is 13.0. The van der Waals surface area contributed by atoms with Crippen LogP contribution in [0.4, 0.5) is 5.69 Å². The molecular weight excluding hydrogens is 406 g/mol. The molecule has 2 aromatic heterocycles. The summed E-state index contributed by atoms with van der Waals surface area (Å²) in [6, 6.07) is 13.1. The van der Waals surface area contributed by atoms with E-state index in [1.165, 1.54) is 6.92 Å². The monoisotopic (exact) mass is 427 g/mol. The molecule has 0 atom stereocenters. The lowest BCUT2D eigenvalue weighted by Gasteiger charge is -2.06. The third-order valence-electron chi connectivity index (χ3n) is 5.63. The van der Waals surface area contributed by atoms with Gasteiger partial charge in [-0.1, -0.05) is 18.2 Å². The summed E-state index contributed by atoms with van der Waals surface area (Å²) in [6.45, 7) is 2.39. The van der Waals surface area contributed by atoms with Crippen LogP contribution in [-0.4, -0.2) is 33.8 Å². The molecule has 5 rings (SSSR count). The van der Waals surface area contributed by atoms with Crippen molar-refractivity contribution in [2.45, 2.75) is 13.5 Å². The molecule has 2 aromatic carbocycles. The van der Waals surface area contributed by atoms with Gasteiger partial charge in [-0.3, -0.25) is 19.7 Å². The van der Waals surface area contributed by atoms with Gasteiger partial charge in [0, 0.05) is 71.0 Å². The van der Waals surface area contributed by atoms with E-state index in [4.69, 9.17) is 5.73 Å². The summed E-state index contributed by atoms with van der Waals surface area (Å²) >= 11 is 0. The number of benzene rings is 2. The first-order valence-corrected chi connectivity index (χ1v) is 10.3. The van der Waals surface area contributed by atoms with Crippen LogP contribution < -0.4 is 16.4 Å². The van der Waals surface area contributed by atoms with Crippen molar-refractivity contribution in [2.75, 3.05) is 11.9 Å². The molecule has 8 nitrogen and oxygen atoms in total. The zero-order chi connectivity index (χ0) is 22.4. The van der Waals surface area contributed by atoms with Gasteiger partial charge in [-0.2, -0.15) is 0 Å². The molecule has 0 bridgehead atoms. The summed E-state index contributed by atoms with van der Waals surface area (Å²) in [5, 5.41) is 6.84. The molecule has 1 aliphatic rings. The van der Waals surface area contributed by atoms with E-state index in [2.05, 4.69) is 15.6 Å². The Morgan fingerprint density at radius 2 is 1.78 bits per heavy atom. The lowest BCUT2D eigenvalue weighted by molar-refractivity contribution is -0.123. The van der Waals surface area contributed by atoms with E-state index in [-0.39, 0.29) is 5.91 Å². The highest BCUT2D eigenvalue weighted by Crippen LogP contribution is 2.38. The van der Waals surface area contributed by atoms with Gasteiger partial charge in [-0.05, 0) is 24.3 Å². The number of imide groups is 1. The molecule has 3 heterocycles. The number of nitrogens with two attached hydrogens (primary N) is 1. The number of hydrogen-bond donors (Lipinski definition) is 4.